The number of carbonyl (C=O) groups is 1. The minimum Gasteiger partial charge on any atom is -0.355 e. The number of fused-ring (bicyclic) bond motifs is 1. The minimum absolute atomic E-state index is 0.0780. The van der Waals surface area contributed by atoms with Crippen molar-refractivity contribution in [3.63, 3.8) is 0 Å². The second kappa shape index (κ2) is 9.27. The summed E-state index contributed by atoms with van der Waals surface area (Å²) in [7, 11) is -3.63. The predicted octanol–water partition coefficient (Wildman–Crippen LogP) is 0.530. The summed E-state index contributed by atoms with van der Waals surface area (Å²) in [5, 5.41) is 7.98. The normalized spacial score (nSPS) is 15.7. The van der Waals surface area contributed by atoms with Crippen LogP contribution in [0.3, 0.4) is 0 Å². The van der Waals surface area contributed by atoms with E-state index in [-0.39, 0.29) is 23.8 Å². The highest BCUT2D eigenvalue weighted by Crippen LogP contribution is 2.18. The fourth-order valence-electron chi connectivity index (χ4n) is 3.09. The number of amides is 1. The molecule has 2 aromatic carbocycles. The number of carbonyl (C=O) groups excluding carboxylic acids is 1. The summed E-state index contributed by atoms with van der Waals surface area (Å²) in [5.74, 6) is -0.147. The first-order valence-electron chi connectivity index (χ1n) is 9.23. The average Bonchev–Trinajstić information content (AvgIpc) is 2.68. The Balaban J connectivity index is 1.43. The topological polar surface area (TPSA) is 90.5 Å². The van der Waals surface area contributed by atoms with Crippen LogP contribution in [-0.2, 0) is 14.8 Å². The number of benzene rings is 2. The maximum atomic E-state index is 12.4. The molecule has 1 fully saturated rings. The van der Waals surface area contributed by atoms with Gasteiger partial charge in [0.05, 0.1) is 4.90 Å². The van der Waals surface area contributed by atoms with E-state index in [2.05, 4.69) is 20.3 Å². The third-order valence-electron chi connectivity index (χ3n) is 4.64. The highest BCUT2D eigenvalue weighted by Gasteiger charge is 2.15. The molecule has 2 aromatic rings. The Morgan fingerprint density at radius 2 is 1.78 bits per heavy atom. The molecule has 0 aromatic heterocycles. The minimum atomic E-state index is -3.63. The van der Waals surface area contributed by atoms with Crippen molar-refractivity contribution in [2.45, 2.75) is 11.3 Å². The van der Waals surface area contributed by atoms with Crippen LogP contribution >= 0.6 is 0 Å². The maximum absolute atomic E-state index is 12.4. The predicted molar refractivity (Wildman–Crippen MR) is 106 cm³/mol. The van der Waals surface area contributed by atoms with Crippen LogP contribution in [0.25, 0.3) is 10.8 Å². The van der Waals surface area contributed by atoms with Crippen LogP contribution in [0, 0.1) is 0 Å². The van der Waals surface area contributed by atoms with E-state index in [1.54, 1.807) is 18.2 Å². The van der Waals surface area contributed by atoms with E-state index < -0.39 is 10.0 Å². The monoisotopic (exact) mass is 390 g/mol. The molecule has 3 rings (SSSR count). The molecular formula is C19H26N4O3S. The smallest absolute Gasteiger partial charge is 0.240 e. The van der Waals surface area contributed by atoms with Crippen molar-refractivity contribution < 1.29 is 13.2 Å². The lowest BCUT2D eigenvalue weighted by molar-refractivity contribution is -0.120. The number of rotatable bonds is 8. The fraction of sp³-hybridized carbons (Fsp3) is 0.421. The van der Waals surface area contributed by atoms with Gasteiger partial charge in [-0.05, 0) is 22.9 Å². The summed E-state index contributed by atoms with van der Waals surface area (Å²) in [5.41, 5.74) is 0. The van der Waals surface area contributed by atoms with Gasteiger partial charge in [0, 0.05) is 52.2 Å². The van der Waals surface area contributed by atoms with E-state index in [0.717, 1.165) is 43.5 Å². The standard InChI is InChI=1S/C19H26N4O3S/c24-19(21-11-14-23-12-9-20-10-13-23)7-8-22-27(25,26)18-6-5-16-3-1-2-4-17(16)15-18/h1-6,15,20,22H,7-14H2,(H,21,24). The molecule has 27 heavy (non-hydrogen) atoms. The van der Waals surface area contributed by atoms with Gasteiger partial charge in [0.15, 0.2) is 0 Å². The first-order chi connectivity index (χ1) is 13.0. The number of hydrogen-bond acceptors (Lipinski definition) is 5. The molecule has 146 valence electrons. The second-order valence-corrected chi connectivity index (χ2v) is 8.37. The fourth-order valence-corrected chi connectivity index (χ4v) is 4.16. The van der Waals surface area contributed by atoms with Gasteiger partial charge in [-0.15, -0.1) is 0 Å². The largest absolute Gasteiger partial charge is 0.355 e. The summed E-state index contributed by atoms with van der Waals surface area (Å²) in [6.45, 7) is 5.40. The lowest BCUT2D eigenvalue weighted by Gasteiger charge is -2.27. The zero-order valence-electron chi connectivity index (χ0n) is 15.3. The van der Waals surface area contributed by atoms with Gasteiger partial charge >= 0.3 is 0 Å². The quantitative estimate of drug-likeness (QED) is 0.612. The van der Waals surface area contributed by atoms with Crippen LogP contribution in [0.4, 0.5) is 0 Å². The van der Waals surface area contributed by atoms with Crippen LogP contribution in [0.15, 0.2) is 47.4 Å². The summed E-state index contributed by atoms with van der Waals surface area (Å²) in [6, 6.07) is 12.6. The van der Waals surface area contributed by atoms with Crippen LogP contribution in [0.1, 0.15) is 6.42 Å². The molecule has 1 aliphatic rings. The zero-order valence-corrected chi connectivity index (χ0v) is 16.1. The summed E-state index contributed by atoms with van der Waals surface area (Å²) in [6.07, 6.45) is 0.119. The first kappa shape index (κ1) is 19.8. The van der Waals surface area contributed by atoms with Gasteiger partial charge in [0.2, 0.25) is 15.9 Å². The SMILES string of the molecule is O=C(CCNS(=O)(=O)c1ccc2ccccc2c1)NCCN1CCNCC1. The molecule has 0 saturated carbocycles. The zero-order chi connectivity index (χ0) is 19.1. The van der Waals surface area contributed by atoms with Gasteiger partial charge in [-0.3, -0.25) is 9.69 Å². The van der Waals surface area contributed by atoms with Gasteiger partial charge in [-0.25, -0.2) is 13.1 Å². The number of hydrogen-bond donors (Lipinski definition) is 3. The van der Waals surface area contributed by atoms with Crippen LogP contribution in [-0.4, -0.2) is 65.0 Å². The third kappa shape index (κ3) is 5.74. The van der Waals surface area contributed by atoms with E-state index in [0.29, 0.717) is 6.54 Å². The second-order valence-electron chi connectivity index (χ2n) is 6.60. The molecule has 0 unspecified atom stereocenters. The molecule has 0 aliphatic carbocycles. The Morgan fingerprint density at radius 3 is 2.56 bits per heavy atom. The van der Waals surface area contributed by atoms with Gasteiger partial charge in [-0.1, -0.05) is 30.3 Å². The molecule has 7 nitrogen and oxygen atoms in total. The molecule has 0 atom stereocenters. The maximum Gasteiger partial charge on any atom is 0.240 e. The summed E-state index contributed by atoms with van der Waals surface area (Å²) < 4.78 is 27.3. The van der Waals surface area contributed by atoms with E-state index in [1.807, 2.05) is 24.3 Å². The van der Waals surface area contributed by atoms with Crippen molar-refractivity contribution in [3.05, 3.63) is 42.5 Å². The Hall–Kier alpha value is -2.00. The Morgan fingerprint density at radius 1 is 1.04 bits per heavy atom. The molecule has 0 spiro atoms. The highest BCUT2D eigenvalue weighted by molar-refractivity contribution is 7.89. The Kier molecular flexibility index (Phi) is 6.78. The van der Waals surface area contributed by atoms with Crippen molar-refractivity contribution >= 4 is 26.7 Å². The first-order valence-corrected chi connectivity index (χ1v) is 10.7. The molecule has 0 bridgehead atoms. The molecule has 3 N–H and O–H groups in total. The molecule has 1 heterocycles. The molecule has 8 heteroatoms. The Labute approximate surface area is 160 Å². The van der Waals surface area contributed by atoms with Gasteiger partial charge in [-0.2, -0.15) is 0 Å². The Bertz CT molecular complexity index is 879. The van der Waals surface area contributed by atoms with Crippen LogP contribution < -0.4 is 15.4 Å². The number of nitrogens with one attached hydrogen (secondary N) is 3. The van der Waals surface area contributed by atoms with Crippen molar-refractivity contribution in [2.75, 3.05) is 45.8 Å². The van der Waals surface area contributed by atoms with Crippen molar-refractivity contribution in [1.29, 1.82) is 0 Å². The third-order valence-corrected chi connectivity index (χ3v) is 6.09. The highest BCUT2D eigenvalue weighted by atomic mass is 32.2. The van der Waals surface area contributed by atoms with Crippen molar-refractivity contribution in [3.8, 4) is 0 Å². The van der Waals surface area contributed by atoms with Crippen LogP contribution in [0.2, 0.25) is 0 Å². The molecule has 1 amide bonds. The van der Waals surface area contributed by atoms with Crippen molar-refractivity contribution in [1.82, 2.24) is 20.3 Å². The van der Waals surface area contributed by atoms with Crippen LogP contribution in [0.5, 0.6) is 0 Å². The van der Waals surface area contributed by atoms with E-state index in [4.69, 9.17) is 0 Å². The molecule has 0 radical (unpaired) electrons. The van der Waals surface area contributed by atoms with E-state index in [1.165, 1.54) is 0 Å². The number of sulfonamides is 1. The van der Waals surface area contributed by atoms with Gasteiger partial charge in [0.1, 0.15) is 0 Å². The van der Waals surface area contributed by atoms with E-state index in [9.17, 15) is 13.2 Å². The number of nitrogens with zero attached hydrogens (tertiary/aromatic N) is 1. The van der Waals surface area contributed by atoms with E-state index >= 15 is 0 Å². The molecule has 1 aliphatic heterocycles. The molecule has 1 saturated heterocycles. The lowest BCUT2D eigenvalue weighted by Crippen LogP contribution is -2.46. The summed E-state index contributed by atoms with van der Waals surface area (Å²) >= 11 is 0. The number of piperazine rings is 1. The van der Waals surface area contributed by atoms with Gasteiger partial charge < -0.3 is 10.6 Å². The average molecular weight is 391 g/mol. The molecular weight excluding hydrogens is 364 g/mol. The van der Waals surface area contributed by atoms with Crippen molar-refractivity contribution in [2.24, 2.45) is 0 Å². The van der Waals surface area contributed by atoms with Gasteiger partial charge in [0.25, 0.3) is 0 Å². The summed E-state index contributed by atoms with van der Waals surface area (Å²) in [4.78, 5) is 14.4. The lowest BCUT2D eigenvalue weighted by atomic mass is 10.1.